The summed E-state index contributed by atoms with van der Waals surface area (Å²) in [4.78, 5) is 24.2. The maximum absolute atomic E-state index is 13.4. The molecule has 2 aromatic carbocycles. The van der Waals surface area contributed by atoms with Crippen molar-refractivity contribution in [3.05, 3.63) is 65.1 Å². The van der Waals surface area contributed by atoms with E-state index in [4.69, 9.17) is 25.8 Å². The Balaban J connectivity index is 1.75. The van der Waals surface area contributed by atoms with Crippen molar-refractivity contribution in [2.45, 2.75) is 6.42 Å². The lowest BCUT2D eigenvalue weighted by atomic mass is 10.2. The van der Waals surface area contributed by atoms with Gasteiger partial charge in [0.2, 0.25) is 0 Å². The third-order valence-electron chi connectivity index (χ3n) is 3.90. The molecule has 0 aliphatic heterocycles. The van der Waals surface area contributed by atoms with Gasteiger partial charge in [0.1, 0.15) is 23.1 Å². The van der Waals surface area contributed by atoms with Gasteiger partial charge in [-0.3, -0.25) is 9.59 Å². The molecule has 2 amide bonds. The van der Waals surface area contributed by atoms with E-state index >= 15 is 0 Å². The van der Waals surface area contributed by atoms with E-state index in [-0.39, 0.29) is 29.8 Å². The summed E-state index contributed by atoms with van der Waals surface area (Å²) >= 11 is 5.59. The third kappa shape index (κ3) is 6.97. The van der Waals surface area contributed by atoms with Crippen LogP contribution in [0.1, 0.15) is 16.8 Å². The summed E-state index contributed by atoms with van der Waals surface area (Å²) < 4.78 is 28.8. The maximum atomic E-state index is 13.4. The van der Waals surface area contributed by atoms with E-state index < -0.39 is 11.7 Å². The number of carbonyl (C=O) groups is 2. The van der Waals surface area contributed by atoms with Gasteiger partial charge in [-0.2, -0.15) is 0 Å². The second-order valence-electron chi connectivity index (χ2n) is 6.12. The largest absolute Gasteiger partial charge is 0.497 e. The van der Waals surface area contributed by atoms with Crippen molar-refractivity contribution < 1.29 is 28.2 Å². The van der Waals surface area contributed by atoms with Crippen LogP contribution in [0.4, 0.5) is 4.39 Å². The molecule has 0 aromatic heterocycles. The number of carbonyl (C=O) groups excluding carboxylic acids is 2. The number of amides is 2. The zero-order chi connectivity index (χ0) is 22.1. The summed E-state index contributed by atoms with van der Waals surface area (Å²) in [5.41, 5.74) is 0.777. The fourth-order valence-corrected chi connectivity index (χ4v) is 2.50. The Morgan fingerprint density at radius 3 is 2.33 bits per heavy atom. The average Bonchev–Trinajstić information content (AvgIpc) is 2.73. The van der Waals surface area contributed by atoms with Crippen molar-refractivity contribution in [2.75, 3.05) is 27.4 Å². The van der Waals surface area contributed by atoms with Crippen LogP contribution in [0.2, 0.25) is 5.02 Å². The number of methoxy groups -OCH3 is 2. The highest BCUT2D eigenvalue weighted by Crippen LogP contribution is 2.22. The van der Waals surface area contributed by atoms with Crippen molar-refractivity contribution in [1.29, 1.82) is 0 Å². The molecule has 7 nitrogen and oxygen atoms in total. The van der Waals surface area contributed by atoms with Crippen LogP contribution in [0.5, 0.6) is 17.2 Å². The molecule has 0 aliphatic rings. The number of rotatable bonds is 10. The van der Waals surface area contributed by atoms with Crippen molar-refractivity contribution in [1.82, 2.24) is 10.6 Å². The number of hydrogen-bond acceptors (Lipinski definition) is 5. The second-order valence-corrected chi connectivity index (χ2v) is 6.53. The summed E-state index contributed by atoms with van der Waals surface area (Å²) in [5, 5.41) is 5.25. The molecule has 0 bridgehead atoms. The van der Waals surface area contributed by atoms with E-state index in [2.05, 4.69) is 17.2 Å². The van der Waals surface area contributed by atoms with Gasteiger partial charge >= 0.3 is 0 Å². The van der Waals surface area contributed by atoms with Crippen LogP contribution in [-0.2, 0) is 4.79 Å². The molecule has 2 aromatic rings. The van der Waals surface area contributed by atoms with E-state index in [1.165, 1.54) is 26.4 Å². The van der Waals surface area contributed by atoms with Crippen molar-refractivity contribution >= 4 is 23.4 Å². The number of benzene rings is 2. The molecule has 160 valence electrons. The van der Waals surface area contributed by atoms with Crippen LogP contribution in [0.3, 0.4) is 0 Å². The number of hydrogen-bond donors (Lipinski definition) is 2. The first kappa shape index (κ1) is 23.0. The predicted molar refractivity (Wildman–Crippen MR) is 111 cm³/mol. The van der Waals surface area contributed by atoms with Gasteiger partial charge in [-0.25, -0.2) is 4.39 Å². The fourth-order valence-electron chi connectivity index (χ4n) is 2.38. The zero-order valence-electron chi connectivity index (χ0n) is 16.6. The van der Waals surface area contributed by atoms with Gasteiger partial charge in [-0.15, -0.1) is 0 Å². The summed E-state index contributed by atoms with van der Waals surface area (Å²) in [6.07, 6.45) is 0.314. The van der Waals surface area contributed by atoms with Crippen molar-refractivity contribution in [2.24, 2.45) is 0 Å². The van der Waals surface area contributed by atoms with E-state index in [1.54, 1.807) is 18.2 Å². The minimum Gasteiger partial charge on any atom is -0.497 e. The van der Waals surface area contributed by atoms with Gasteiger partial charge in [0.25, 0.3) is 11.8 Å². The molecule has 2 N–H and O–H groups in total. The topological polar surface area (TPSA) is 85.9 Å². The molecule has 0 saturated carbocycles. The van der Waals surface area contributed by atoms with Crippen LogP contribution in [-0.4, -0.2) is 39.2 Å². The SMILES string of the molecule is C=C(CCNC(=O)c1cc(OC)cc(OC)c1)NC(=O)COc1ccc(Cl)c(F)c1. The lowest BCUT2D eigenvalue weighted by Gasteiger charge is -2.11. The van der Waals surface area contributed by atoms with Gasteiger partial charge in [0.05, 0.1) is 19.2 Å². The molecule has 30 heavy (non-hydrogen) atoms. The molecular weight excluding hydrogens is 415 g/mol. The van der Waals surface area contributed by atoms with Crippen LogP contribution in [0.25, 0.3) is 0 Å². The van der Waals surface area contributed by atoms with Crippen LogP contribution < -0.4 is 24.8 Å². The number of ether oxygens (including phenoxy) is 3. The lowest BCUT2D eigenvalue weighted by Crippen LogP contribution is -2.31. The minimum absolute atomic E-state index is 0.0328. The standard InChI is InChI=1S/C21H22ClFN2O5/c1-13(25-20(26)12-30-15-4-5-18(22)19(23)11-15)6-7-24-21(27)14-8-16(28-2)10-17(9-14)29-3/h4-5,8-11H,1,6-7,12H2,2-3H3,(H,24,27)(H,25,26). The molecule has 0 fully saturated rings. The molecular formula is C21H22ClFN2O5. The first-order chi connectivity index (χ1) is 14.3. The normalized spacial score (nSPS) is 10.1. The first-order valence-corrected chi connectivity index (χ1v) is 9.27. The summed E-state index contributed by atoms with van der Waals surface area (Å²) in [6, 6.07) is 8.72. The summed E-state index contributed by atoms with van der Waals surface area (Å²) in [6.45, 7) is 3.67. The molecule has 0 unspecified atom stereocenters. The highest BCUT2D eigenvalue weighted by molar-refractivity contribution is 6.30. The Kier molecular flexibility index (Phi) is 8.49. The number of halogens is 2. The predicted octanol–water partition coefficient (Wildman–Crippen LogP) is 3.33. The van der Waals surface area contributed by atoms with E-state index in [9.17, 15) is 14.0 Å². The van der Waals surface area contributed by atoms with Gasteiger partial charge in [-0.1, -0.05) is 18.2 Å². The van der Waals surface area contributed by atoms with Crippen LogP contribution in [0, 0.1) is 5.82 Å². The second kappa shape index (κ2) is 11.1. The quantitative estimate of drug-likeness (QED) is 0.596. The van der Waals surface area contributed by atoms with E-state index in [0.717, 1.165) is 6.07 Å². The molecule has 0 aliphatic carbocycles. The van der Waals surface area contributed by atoms with Crippen LogP contribution >= 0.6 is 11.6 Å². The Morgan fingerprint density at radius 2 is 1.73 bits per heavy atom. The van der Waals surface area contributed by atoms with E-state index in [0.29, 0.717) is 29.2 Å². The smallest absolute Gasteiger partial charge is 0.262 e. The van der Waals surface area contributed by atoms with Crippen LogP contribution in [0.15, 0.2) is 48.7 Å². The number of nitrogens with one attached hydrogen (secondary N) is 2. The maximum Gasteiger partial charge on any atom is 0.262 e. The highest BCUT2D eigenvalue weighted by atomic mass is 35.5. The summed E-state index contributed by atoms with van der Waals surface area (Å²) in [5.74, 6) is -0.242. The monoisotopic (exact) mass is 436 g/mol. The fraction of sp³-hybridized carbons (Fsp3) is 0.238. The van der Waals surface area contributed by atoms with E-state index in [1.807, 2.05) is 0 Å². The van der Waals surface area contributed by atoms with Gasteiger partial charge in [0, 0.05) is 36.4 Å². The molecule has 0 spiro atoms. The Hall–Kier alpha value is -3.26. The summed E-state index contributed by atoms with van der Waals surface area (Å²) in [7, 11) is 2.99. The Labute approximate surface area is 178 Å². The minimum atomic E-state index is -0.636. The zero-order valence-corrected chi connectivity index (χ0v) is 17.3. The van der Waals surface area contributed by atoms with Crippen molar-refractivity contribution in [3.63, 3.8) is 0 Å². The molecule has 9 heteroatoms. The molecule has 2 rings (SSSR count). The Morgan fingerprint density at radius 1 is 1.07 bits per heavy atom. The van der Waals surface area contributed by atoms with Crippen molar-refractivity contribution in [3.8, 4) is 17.2 Å². The lowest BCUT2D eigenvalue weighted by molar-refractivity contribution is -0.122. The molecule has 0 atom stereocenters. The Bertz CT molecular complexity index is 913. The molecule has 0 saturated heterocycles. The molecule has 0 heterocycles. The third-order valence-corrected chi connectivity index (χ3v) is 4.21. The van der Waals surface area contributed by atoms with Gasteiger partial charge < -0.3 is 24.8 Å². The average molecular weight is 437 g/mol. The highest BCUT2D eigenvalue weighted by Gasteiger charge is 2.11. The van der Waals surface area contributed by atoms with Gasteiger partial charge in [0.15, 0.2) is 6.61 Å². The first-order valence-electron chi connectivity index (χ1n) is 8.89. The molecule has 0 radical (unpaired) electrons. The van der Waals surface area contributed by atoms with Gasteiger partial charge in [-0.05, 0) is 24.3 Å².